The molecule has 0 radical (unpaired) electrons. The number of hydrogen-bond acceptors (Lipinski definition) is 4. The largest absolute Gasteiger partial charge is 0.379 e. The van der Waals surface area contributed by atoms with Crippen LogP contribution >= 0.6 is 0 Å². The van der Waals surface area contributed by atoms with Gasteiger partial charge >= 0.3 is 0 Å². The fourth-order valence-electron chi connectivity index (χ4n) is 1.64. The van der Waals surface area contributed by atoms with Gasteiger partial charge in [0.25, 0.3) is 0 Å². The second kappa shape index (κ2) is 4.51. The number of rotatable bonds is 3. The number of aromatic nitrogens is 3. The van der Waals surface area contributed by atoms with Gasteiger partial charge in [0.1, 0.15) is 6.33 Å². The summed E-state index contributed by atoms with van der Waals surface area (Å²) in [5, 5.41) is 7.83. The zero-order valence-electron chi connectivity index (χ0n) is 10.2. The van der Waals surface area contributed by atoms with Crippen molar-refractivity contribution in [3.8, 4) is 0 Å². The molecule has 16 heavy (non-hydrogen) atoms. The highest BCUT2D eigenvalue weighted by Gasteiger charge is 2.19. The molecular weight excluding hydrogens is 204 g/mol. The van der Waals surface area contributed by atoms with Crippen molar-refractivity contribution in [3.63, 3.8) is 0 Å². The molecule has 0 spiro atoms. The molecule has 1 aliphatic heterocycles. The monoisotopic (exact) mass is 224 g/mol. The highest BCUT2D eigenvalue weighted by atomic mass is 16.5. The van der Waals surface area contributed by atoms with Crippen LogP contribution < -0.4 is 5.32 Å². The fourth-order valence-corrected chi connectivity index (χ4v) is 1.64. The molecule has 5 nitrogen and oxygen atoms in total. The van der Waals surface area contributed by atoms with E-state index in [-0.39, 0.29) is 5.54 Å². The van der Waals surface area contributed by atoms with E-state index in [9.17, 15) is 0 Å². The lowest BCUT2D eigenvalue weighted by Crippen LogP contribution is -2.35. The molecule has 1 aliphatic rings. The van der Waals surface area contributed by atoms with Gasteiger partial charge in [-0.05, 0) is 27.2 Å². The summed E-state index contributed by atoms with van der Waals surface area (Å²) in [6, 6.07) is 0.371. The van der Waals surface area contributed by atoms with Crippen molar-refractivity contribution < 1.29 is 4.74 Å². The lowest BCUT2D eigenvalue weighted by atomic mass is 10.1. The third-order valence-electron chi connectivity index (χ3n) is 2.61. The van der Waals surface area contributed by atoms with Gasteiger partial charge in [-0.3, -0.25) is 0 Å². The van der Waals surface area contributed by atoms with Crippen molar-refractivity contribution in [2.24, 2.45) is 0 Å². The molecule has 0 aromatic carbocycles. The van der Waals surface area contributed by atoms with Gasteiger partial charge in [0.15, 0.2) is 5.82 Å². The molecule has 0 saturated carbocycles. The van der Waals surface area contributed by atoms with Gasteiger partial charge < -0.3 is 10.1 Å². The van der Waals surface area contributed by atoms with Crippen LogP contribution in [0.5, 0.6) is 0 Å². The molecule has 5 heteroatoms. The quantitative estimate of drug-likeness (QED) is 0.836. The van der Waals surface area contributed by atoms with E-state index in [1.165, 1.54) is 0 Å². The lowest BCUT2D eigenvalue weighted by molar-refractivity contribution is 0.184. The molecule has 1 aromatic rings. The first-order chi connectivity index (χ1) is 7.54. The van der Waals surface area contributed by atoms with Crippen LogP contribution in [-0.2, 0) is 11.3 Å². The summed E-state index contributed by atoms with van der Waals surface area (Å²) in [6.07, 6.45) is 2.84. The second-order valence-corrected chi connectivity index (χ2v) is 5.26. The topological polar surface area (TPSA) is 52.0 Å². The van der Waals surface area contributed by atoms with Gasteiger partial charge in [0, 0.05) is 12.1 Å². The smallest absolute Gasteiger partial charge is 0.164 e. The molecule has 0 bridgehead atoms. The Morgan fingerprint density at radius 3 is 3.00 bits per heavy atom. The third kappa shape index (κ3) is 3.02. The average molecular weight is 224 g/mol. The number of hydrogen-bond donors (Lipinski definition) is 1. The van der Waals surface area contributed by atoms with Crippen molar-refractivity contribution >= 4 is 0 Å². The molecule has 0 amide bonds. The first kappa shape index (κ1) is 11.5. The van der Waals surface area contributed by atoms with E-state index >= 15 is 0 Å². The highest BCUT2D eigenvalue weighted by Crippen LogP contribution is 2.16. The predicted octanol–water partition coefficient (Wildman–Crippen LogP) is 1.13. The standard InChI is InChI=1S/C11H20N4O/c1-11(2,3)13-6-10-12-8-15(14-10)9-4-5-16-7-9/h8-9,13H,4-7H2,1-3H3. The lowest BCUT2D eigenvalue weighted by Gasteiger charge is -2.19. The summed E-state index contributed by atoms with van der Waals surface area (Å²) >= 11 is 0. The third-order valence-corrected chi connectivity index (χ3v) is 2.61. The molecule has 90 valence electrons. The number of ether oxygens (including phenoxy) is 1. The Hall–Kier alpha value is -0.940. The Labute approximate surface area is 96.2 Å². The minimum atomic E-state index is 0.0991. The first-order valence-corrected chi connectivity index (χ1v) is 5.77. The van der Waals surface area contributed by atoms with Crippen molar-refractivity contribution in [2.75, 3.05) is 13.2 Å². The maximum Gasteiger partial charge on any atom is 0.164 e. The van der Waals surface area contributed by atoms with E-state index in [0.717, 1.165) is 25.5 Å². The SMILES string of the molecule is CC(C)(C)NCc1ncn(C2CCOC2)n1. The summed E-state index contributed by atoms with van der Waals surface area (Å²) < 4.78 is 7.25. The van der Waals surface area contributed by atoms with E-state index in [0.29, 0.717) is 12.6 Å². The van der Waals surface area contributed by atoms with Crippen LogP contribution in [-0.4, -0.2) is 33.5 Å². The Bertz CT molecular complexity index is 336. The van der Waals surface area contributed by atoms with Gasteiger partial charge in [0.2, 0.25) is 0 Å². The average Bonchev–Trinajstić information content (AvgIpc) is 2.84. The van der Waals surface area contributed by atoms with E-state index < -0.39 is 0 Å². The van der Waals surface area contributed by atoms with Crippen molar-refractivity contribution in [1.82, 2.24) is 20.1 Å². The zero-order chi connectivity index (χ0) is 11.6. The molecule has 2 rings (SSSR count). The maximum absolute atomic E-state index is 5.33. The highest BCUT2D eigenvalue weighted by molar-refractivity contribution is 4.86. The van der Waals surface area contributed by atoms with Gasteiger partial charge in [-0.2, -0.15) is 5.10 Å². The van der Waals surface area contributed by atoms with E-state index in [1.54, 1.807) is 6.33 Å². The normalized spacial score (nSPS) is 21.6. The summed E-state index contributed by atoms with van der Waals surface area (Å²) in [5.41, 5.74) is 0.0991. The summed E-state index contributed by atoms with van der Waals surface area (Å²) in [6.45, 7) is 8.71. The summed E-state index contributed by atoms with van der Waals surface area (Å²) in [5.74, 6) is 0.849. The van der Waals surface area contributed by atoms with Gasteiger partial charge in [-0.25, -0.2) is 9.67 Å². The molecule has 1 saturated heterocycles. The molecule has 1 fully saturated rings. The van der Waals surface area contributed by atoms with Crippen molar-refractivity contribution in [1.29, 1.82) is 0 Å². The minimum Gasteiger partial charge on any atom is -0.379 e. The van der Waals surface area contributed by atoms with Gasteiger partial charge in [-0.1, -0.05) is 0 Å². The van der Waals surface area contributed by atoms with E-state index in [4.69, 9.17) is 4.74 Å². The predicted molar refractivity (Wildman–Crippen MR) is 61.1 cm³/mol. The Balaban J connectivity index is 1.91. The number of nitrogens with zero attached hydrogens (tertiary/aromatic N) is 3. The minimum absolute atomic E-state index is 0.0991. The molecule has 1 unspecified atom stereocenters. The van der Waals surface area contributed by atoms with Crippen LogP contribution in [0, 0.1) is 0 Å². The Morgan fingerprint density at radius 2 is 2.38 bits per heavy atom. The fraction of sp³-hybridized carbons (Fsp3) is 0.818. The summed E-state index contributed by atoms with van der Waals surface area (Å²) in [4.78, 5) is 4.30. The maximum atomic E-state index is 5.33. The van der Waals surface area contributed by atoms with Crippen LogP contribution in [0.4, 0.5) is 0 Å². The Morgan fingerprint density at radius 1 is 1.56 bits per heavy atom. The Kier molecular flexibility index (Phi) is 3.25. The van der Waals surface area contributed by atoms with E-state index in [1.807, 2.05) is 4.68 Å². The van der Waals surface area contributed by atoms with Crippen LogP contribution in [0.3, 0.4) is 0 Å². The van der Waals surface area contributed by atoms with Crippen LogP contribution in [0.2, 0.25) is 0 Å². The van der Waals surface area contributed by atoms with Gasteiger partial charge in [-0.15, -0.1) is 0 Å². The molecule has 0 aliphatic carbocycles. The van der Waals surface area contributed by atoms with Crippen LogP contribution in [0.15, 0.2) is 6.33 Å². The molecule has 2 heterocycles. The summed E-state index contributed by atoms with van der Waals surface area (Å²) in [7, 11) is 0. The van der Waals surface area contributed by atoms with Crippen molar-refractivity contribution in [2.45, 2.75) is 45.3 Å². The first-order valence-electron chi connectivity index (χ1n) is 5.77. The molecule has 1 aromatic heterocycles. The zero-order valence-corrected chi connectivity index (χ0v) is 10.2. The molecule has 1 N–H and O–H groups in total. The van der Waals surface area contributed by atoms with Crippen LogP contribution in [0.25, 0.3) is 0 Å². The number of nitrogens with one attached hydrogen (secondary N) is 1. The van der Waals surface area contributed by atoms with E-state index in [2.05, 4.69) is 36.2 Å². The molecule has 1 atom stereocenters. The second-order valence-electron chi connectivity index (χ2n) is 5.26. The van der Waals surface area contributed by atoms with Crippen LogP contribution in [0.1, 0.15) is 39.1 Å². The molecular formula is C11H20N4O. The van der Waals surface area contributed by atoms with Gasteiger partial charge in [0.05, 0.1) is 19.2 Å². The van der Waals surface area contributed by atoms with Crippen molar-refractivity contribution in [3.05, 3.63) is 12.2 Å².